The zero-order valence-corrected chi connectivity index (χ0v) is 16.2. The summed E-state index contributed by atoms with van der Waals surface area (Å²) in [6, 6.07) is 6.62. The SMILES string of the molecule is O=C1CCC(NC(=O)CCc2c(-c3ccc(F)cc3)[nH]c3c(F)cc(F)cc23)C(=O)N1. The van der Waals surface area contributed by atoms with Crippen molar-refractivity contribution in [1.29, 1.82) is 0 Å². The van der Waals surface area contributed by atoms with Crippen LogP contribution in [0.15, 0.2) is 36.4 Å². The van der Waals surface area contributed by atoms with Gasteiger partial charge < -0.3 is 10.3 Å². The first-order valence-corrected chi connectivity index (χ1v) is 9.70. The number of imide groups is 1. The number of nitrogens with one attached hydrogen (secondary N) is 3. The van der Waals surface area contributed by atoms with E-state index >= 15 is 0 Å². The summed E-state index contributed by atoms with van der Waals surface area (Å²) in [4.78, 5) is 38.4. The first kappa shape index (κ1) is 20.6. The van der Waals surface area contributed by atoms with Gasteiger partial charge in [0, 0.05) is 30.0 Å². The molecule has 3 aromatic rings. The maximum absolute atomic E-state index is 14.3. The molecule has 160 valence electrons. The number of aromatic nitrogens is 1. The molecule has 3 amide bonds. The van der Waals surface area contributed by atoms with Crippen LogP contribution in [0.3, 0.4) is 0 Å². The third-order valence-corrected chi connectivity index (χ3v) is 5.24. The first-order chi connectivity index (χ1) is 14.8. The lowest BCUT2D eigenvalue weighted by Crippen LogP contribution is -2.52. The number of hydrogen-bond acceptors (Lipinski definition) is 3. The molecular formula is C22H18F3N3O3. The van der Waals surface area contributed by atoms with Gasteiger partial charge in [0.05, 0.1) is 5.52 Å². The van der Waals surface area contributed by atoms with Crippen LogP contribution in [-0.4, -0.2) is 28.7 Å². The molecule has 3 N–H and O–H groups in total. The van der Waals surface area contributed by atoms with Crippen LogP contribution in [0, 0.1) is 17.5 Å². The summed E-state index contributed by atoms with van der Waals surface area (Å²) in [7, 11) is 0. The molecule has 2 aromatic carbocycles. The second-order valence-electron chi connectivity index (χ2n) is 7.37. The molecule has 0 radical (unpaired) electrons. The van der Waals surface area contributed by atoms with Gasteiger partial charge in [0.25, 0.3) is 0 Å². The number of H-pyrrole nitrogens is 1. The molecule has 1 fully saturated rings. The van der Waals surface area contributed by atoms with E-state index < -0.39 is 35.3 Å². The number of hydrogen-bond donors (Lipinski definition) is 3. The maximum atomic E-state index is 14.3. The zero-order chi connectivity index (χ0) is 22.1. The van der Waals surface area contributed by atoms with Crippen molar-refractivity contribution in [2.45, 2.75) is 31.7 Å². The number of amides is 3. The molecular weight excluding hydrogens is 411 g/mol. The third kappa shape index (κ3) is 4.30. The topological polar surface area (TPSA) is 91.1 Å². The van der Waals surface area contributed by atoms with Crippen molar-refractivity contribution in [2.24, 2.45) is 0 Å². The van der Waals surface area contributed by atoms with Gasteiger partial charge in [-0.1, -0.05) is 0 Å². The molecule has 0 bridgehead atoms. The molecule has 0 aliphatic carbocycles. The van der Waals surface area contributed by atoms with Crippen LogP contribution in [0.5, 0.6) is 0 Å². The summed E-state index contributed by atoms with van der Waals surface area (Å²) in [6.07, 6.45) is 0.402. The lowest BCUT2D eigenvalue weighted by molar-refractivity contribution is -0.137. The van der Waals surface area contributed by atoms with Crippen LogP contribution in [0.1, 0.15) is 24.8 Å². The quantitative estimate of drug-likeness (QED) is 0.545. The molecule has 1 unspecified atom stereocenters. The Labute approximate surface area is 174 Å². The van der Waals surface area contributed by atoms with Gasteiger partial charge in [0.1, 0.15) is 23.5 Å². The smallest absolute Gasteiger partial charge is 0.249 e. The highest BCUT2D eigenvalue weighted by Crippen LogP contribution is 2.33. The van der Waals surface area contributed by atoms with E-state index in [-0.39, 0.29) is 42.5 Å². The van der Waals surface area contributed by atoms with Crippen molar-refractivity contribution >= 4 is 28.6 Å². The summed E-state index contributed by atoms with van der Waals surface area (Å²) in [5.74, 6) is -3.37. The lowest BCUT2D eigenvalue weighted by Gasteiger charge is -2.21. The van der Waals surface area contributed by atoms with Gasteiger partial charge in [-0.2, -0.15) is 0 Å². The van der Waals surface area contributed by atoms with Crippen molar-refractivity contribution in [3.8, 4) is 11.3 Å². The molecule has 1 aromatic heterocycles. The average molecular weight is 429 g/mol. The highest BCUT2D eigenvalue weighted by molar-refractivity contribution is 6.01. The molecule has 2 heterocycles. The van der Waals surface area contributed by atoms with Gasteiger partial charge in [-0.05, 0) is 54.3 Å². The molecule has 0 saturated carbocycles. The molecule has 1 saturated heterocycles. The largest absolute Gasteiger partial charge is 0.352 e. The van der Waals surface area contributed by atoms with E-state index in [0.717, 1.165) is 6.07 Å². The number of fused-ring (bicyclic) bond motifs is 1. The van der Waals surface area contributed by atoms with Crippen LogP contribution in [-0.2, 0) is 20.8 Å². The van der Waals surface area contributed by atoms with Gasteiger partial charge in [-0.3, -0.25) is 19.7 Å². The number of carbonyl (C=O) groups excluding carboxylic acids is 3. The highest BCUT2D eigenvalue weighted by Gasteiger charge is 2.28. The summed E-state index contributed by atoms with van der Waals surface area (Å²) >= 11 is 0. The van der Waals surface area contributed by atoms with Crippen molar-refractivity contribution < 1.29 is 27.6 Å². The van der Waals surface area contributed by atoms with Crippen LogP contribution >= 0.6 is 0 Å². The second-order valence-corrected chi connectivity index (χ2v) is 7.37. The Hall–Kier alpha value is -3.62. The van der Waals surface area contributed by atoms with Gasteiger partial charge in [0.2, 0.25) is 17.7 Å². The number of piperidine rings is 1. The minimum Gasteiger partial charge on any atom is -0.352 e. The van der Waals surface area contributed by atoms with E-state index in [1.807, 2.05) is 0 Å². The van der Waals surface area contributed by atoms with Gasteiger partial charge in [-0.25, -0.2) is 13.2 Å². The zero-order valence-electron chi connectivity index (χ0n) is 16.2. The predicted octanol–water partition coefficient (Wildman–Crippen LogP) is 3.11. The maximum Gasteiger partial charge on any atom is 0.249 e. The Kier molecular flexibility index (Phi) is 5.50. The van der Waals surface area contributed by atoms with E-state index in [9.17, 15) is 27.6 Å². The Balaban J connectivity index is 1.60. The molecule has 31 heavy (non-hydrogen) atoms. The monoisotopic (exact) mass is 429 g/mol. The number of rotatable bonds is 5. The predicted molar refractivity (Wildman–Crippen MR) is 106 cm³/mol. The van der Waals surface area contributed by atoms with Crippen LogP contribution in [0.4, 0.5) is 13.2 Å². The van der Waals surface area contributed by atoms with E-state index in [1.54, 1.807) is 0 Å². The van der Waals surface area contributed by atoms with Crippen LogP contribution < -0.4 is 10.6 Å². The van der Waals surface area contributed by atoms with Crippen LogP contribution in [0.2, 0.25) is 0 Å². The Bertz CT molecular complexity index is 1190. The number of halogens is 3. The Morgan fingerprint density at radius 3 is 2.52 bits per heavy atom. The minimum absolute atomic E-state index is 0.0585. The number of benzene rings is 2. The fourth-order valence-electron chi connectivity index (χ4n) is 3.73. The Morgan fingerprint density at radius 1 is 1.06 bits per heavy atom. The minimum atomic E-state index is -0.806. The molecule has 1 aliphatic heterocycles. The standard InChI is InChI=1S/C22H18F3N3O3/c23-12-3-1-11(2-4-12)20-14(15-9-13(24)10-16(25)21(15)28-20)5-7-18(29)26-17-6-8-19(30)27-22(17)31/h1-4,9-10,17,28H,5-8H2,(H,26,29)(H,27,30,31). The van der Waals surface area contributed by atoms with Gasteiger partial charge in [0.15, 0.2) is 0 Å². The Morgan fingerprint density at radius 2 is 1.81 bits per heavy atom. The lowest BCUT2D eigenvalue weighted by atomic mass is 10.00. The van der Waals surface area contributed by atoms with Crippen molar-refractivity contribution in [3.05, 3.63) is 59.4 Å². The van der Waals surface area contributed by atoms with Crippen molar-refractivity contribution in [2.75, 3.05) is 0 Å². The summed E-state index contributed by atoms with van der Waals surface area (Å²) in [5, 5.41) is 5.03. The molecule has 0 spiro atoms. The normalized spacial score (nSPS) is 16.4. The van der Waals surface area contributed by atoms with E-state index in [4.69, 9.17) is 0 Å². The van der Waals surface area contributed by atoms with Crippen LogP contribution in [0.25, 0.3) is 22.2 Å². The van der Waals surface area contributed by atoms with E-state index in [1.165, 1.54) is 30.3 Å². The average Bonchev–Trinajstić information content (AvgIpc) is 3.08. The molecule has 9 heteroatoms. The fourth-order valence-corrected chi connectivity index (χ4v) is 3.73. The molecule has 4 rings (SSSR count). The molecule has 1 aliphatic rings. The highest BCUT2D eigenvalue weighted by atomic mass is 19.1. The summed E-state index contributed by atoms with van der Waals surface area (Å²) in [5.41, 5.74) is 1.59. The first-order valence-electron chi connectivity index (χ1n) is 9.70. The third-order valence-electron chi connectivity index (χ3n) is 5.24. The summed E-state index contributed by atoms with van der Waals surface area (Å²) < 4.78 is 41.5. The van der Waals surface area contributed by atoms with E-state index in [2.05, 4.69) is 15.6 Å². The van der Waals surface area contributed by atoms with Crippen molar-refractivity contribution in [1.82, 2.24) is 15.6 Å². The summed E-state index contributed by atoms with van der Waals surface area (Å²) in [6.45, 7) is 0. The number of aryl methyl sites for hydroxylation is 1. The molecule has 1 atom stereocenters. The van der Waals surface area contributed by atoms with Crippen molar-refractivity contribution in [3.63, 3.8) is 0 Å². The number of aromatic amines is 1. The fraction of sp³-hybridized carbons (Fsp3) is 0.227. The number of carbonyl (C=O) groups is 3. The van der Waals surface area contributed by atoms with Gasteiger partial charge in [-0.15, -0.1) is 0 Å². The molecule has 6 nitrogen and oxygen atoms in total. The van der Waals surface area contributed by atoms with E-state index in [0.29, 0.717) is 16.8 Å². The second kappa shape index (κ2) is 8.25. The van der Waals surface area contributed by atoms with Gasteiger partial charge >= 0.3 is 0 Å².